The summed E-state index contributed by atoms with van der Waals surface area (Å²) in [6, 6.07) is 16.3. The molecule has 0 amide bonds. The van der Waals surface area contributed by atoms with Crippen molar-refractivity contribution >= 4 is 23.2 Å². The van der Waals surface area contributed by atoms with Crippen molar-refractivity contribution in [3.8, 4) is 11.5 Å². The molecular weight excluding hydrogens is 430 g/mol. The Balaban J connectivity index is 1.39. The molecule has 0 radical (unpaired) electrons. The van der Waals surface area contributed by atoms with E-state index in [1.165, 1.54) is 5.56 Å². The summed E-state index contributed by atoms with van der Waals surface area (Å²) in [5.74, 6) is 1.65. The number of aliphatic carboxylic acids is 1. The van der Waals surface area contributed by atoms with Gasteiger partial charge in [0, 0.05) is 41.5 Å². The fraction of sp³-hybridized carbons (Fsp3) is 0.333. The van der Waals surface area contributed by atoms with Crippen LogP contribution in [0.1, 0.15) is 48.4 Å². The largest absolute Gasteiger partial charge is 0.493 e. The van der Waals surface area contributed by atoms with Crippen LogP contribution in [0.4, 0.5) is 17.2 Å². The summed E-state index contributed by atoms with van der Waals surface area (Å²) in [6.45, 7) is 6.00. The number of hydrogen-bond acceptors (Lipinski definition) is 6. The van der Waals surface area contributed by atoms with Crippen LogP contribution in [0.3, 0.4) is 0 Å². The summed E-state index contributed by atoms with van der Waals surface area (Å²) in [5.41, 5.74) is 5.18. The summed E-state index contributed by atoms with van der Waals surface area (Å²) >= 11 is 0. The second kappa shape index (κ2) is 9.25. The number of pyridine rings is 1. The van der Waals surface area contributed by atoms with E-state index in [1.54, 1.807) is 0 Å². The Morgan fingerprint density at radius 3 is 2.82 bits per heavy atom. The average molecular weight is 460 g/mol. The Kier molecular flexibility index (Phi) is 6.01. The van der Waals surface area contributed by atoms with Gasteiger partial charge in [-0.05, 0) is 43.2 Å². The molecule has 5 rings (SSSR count). The minimum atomic E-state index is -0.808. The van der Waals surface area contributed by atoms with E-state index in [9.17, 15) is 4.79 Å². The number of aryl methyl sites for hydroxylation is 1. The third kappa shape index (κ3) is 4.25. The van der Waals surface area contributed by atoms with E-state index < -0.39 is 5.97 Å². The number of nitrogens with one attached hydrogen (secondary N) is 1. The lowest BCUT2D eigenvalue weighted by Crippen LogP contribution is -2.19. The number of carbonyl (C=O) groups is 1. The smallest absolute Gasteiger partial charge is 0.304 e. The molecule has 0 bridgehead atoms. The van der Waals surface area contributed by atoms with Gasteiger partial charge in [0.1, 0.15) is 23.9 Å². The van der Waals surface area contributed by atoms with Gasteiger partial charge in [-0.25, -0.2) is 4.98 Å². The summed E-state index contributed by atoms with van der Waals surface area (Å²) < 4.78 is 12.0. The fourth-order valence-corrected chi connectivity index (χ4v) is 4.76. The number of fused-ring (bicyclic) bond motifs is 2. The molecule has 2 aromatic carbocycles. The maximum Gasteiger partial charge on any atom is 0.304 e. The molecule has 7 heteroatoms. The molecule has 1 aromatic heterocycles. The maximum atomic E-state index is 11.1. The van der Waals surface area contributed by atoms with Gasteiger partial charge in [-0.3, -0.25) is 4.79 Å². The lowest BCUT2D eigenvalue weighted by Gasteiger charge is -2.25. The van der Waals surface area contributed by atoms with Gasteiger partial charge in [-0.1, -0.05) is 25.1 Å². The van der Waals surface area contributed by atoms with Crippen LogP contribution < -0.4 is 19.7 Å². The summed E-state index contributed by atoms with van der Waals surface area (Å²) in [5, 5.41) is 12.7. The fourth-order valence-electron chi connectivity index (χ4n) is 4.76. The average Bonchev–Trinajstić information content (AvgIpc) is 3.41. The van der Waals surface area contributed by atoms with E-state index >= 15 is 0 Å². The zero-order valence-corrected chi connectivity index (χ0v) is 19.5. The Morgan fingerprint density at radius 1 is 1.15 bits per heavy atom. The third-order valence-corrected chi connectivity index (χ3v) is 6.37. The van der Waals surface area contributed by atoms with Crippen LogP contribution in [0.2, 0.25) is 0 Å². The van der Waals surface area contributed by atoms with E-state index in [-0.39, 0.29) is 18.4 Å². The number of rotatable bonds is 8. The Bertz CT molecular complexity index is 1210. The van der Waals surface area contributed by atoms with Crippen LogP contribution in [0.15, 0.2) is 54.7 Å². The van der Waals surface area contributed by atoms with Crippen LogP contribution in [0.5, 0.6) is 11.5 Å². The van der Waals surface area contributed by atoms with Crippen molar-refractivity contribution in [2.24, 2.45) is 0 Å². The zero-order chi connectivity index (χ0) is 23.7. The molecule has 2 N–H and O–H groups in total. The van der Waals surface area contributed by atoms with Crippen LogP contribution >= 0.6 is 0 Å². The number of anilines is 3. The molecule has 2 aliphatic rings. The van der Waals surface area contributed by atoms with E-state index in [2.05, 4.69) is 53.3 Å². The van der Waals surface area contributed by atoms with Gasteiger partial charge >= 0.3 is 5.97 Å². The first-order valence-electron chi connectivity index (χ1n) is 11.7. The standard InChI is InChI=1S/C27H29N3O4/c1-3-11-30(25-12-17(2)9-10-28-25)23-6-4-5-21-22(16-34-27(21)23)29-19-7-8-20-18(13-26(31)32)15-33-24(20)14-19/h4-10,12,14,18,22,29H,3,11,13,15-16H2,1-2H3,(H,31,32)/t18-,22-/m1/s1. The molecule has 7 nitrogen and oxygen atoms in total. The van der Waals surface area contributed by atoms with Crippen molar-refractivity contribution in [3.05, 3.63) is 71.4 Å². The maximum absolute atomic E-state index is 11.1. The lowest BCUT2D eigenvalue weighted by molar-refractivity contribution is -0.137. The summed E-state index contributed by atoms with van der Waals surface area (Å²) in [6.07, 6.45) is 2.91. The monoisotopic (exact) mass is 459 g/mol. The molecule has 3 aromatic rings. The van der Waals surface area contributed by atoms with E-state index in [0.29, 0.717) is 13.2 Å². The number of carboxylic acids is 1. The van der Waals surface area contributed by atoms with Crippen molar-refractivity contribution in [3.63, 3.8) is 0 Å². The van der Waals surface area contributed by atoms with E-state index in [0.717, 1.165) is 52.8 Å². The Labute approximate surface area is 199 Å². The number of hydrogen-bond donors (Lipinski definition) is 2. The summed E-state index contributed by atoms with van der Waals surface area (Å²) in [4.78, 5) is 17.9. The highest BCUT2D eigenvalue weighted by Gasteiger charge is 2.30. The number of ether oxygens (including phenoxy) is 2. The zero-order valence-electron chi connectivity index (χ0n) is 19.5. The highest BCUT2D eigenvalue weighted by Crippen LogP contribution is 2.44. The van der Waals surface area contributed by atoms with Crippen LogP contribution in [-0.2, 0) is 4.79 Å². The quantitative estimate of drug-likeness (QED) is 0.464. The number of carboxylic acid groups (broad SMARTS) is 1. The predicted molar refractivity (Wildman–Crippen MR) is 132 cm³/mol. The van der Waals surface area contributed by atoms with E-state index in [4.69, 9.17) is 14.6 Å². The molecule has 0 spiro atoms. The molecule has 0 aliphatic carbocycles. The molecule has 0 unspecified atom stereocenters. The van der Waals surface area contributed by atoms with Crippen LogP contribution in [0, 0.1) is 6.92 Å². The molecule has 2 atom stereocenters. The number of para-hydroxylation sites is 1. The molecular formula is C27H29N3O4. The number of nitrogens with zero attached hydrogens (tertiary/aromatic N) is 2. The number of aromatic nitrogens is 1. The van der Waals surface area contributed by atoms with Gasteiger partial charge < -0.3 is 24.8 Å². The van der Waals surface area contributed by atoms with Gasteiger partial charge in [0.15, 0.2) is 0 Å². The molecule has 34 heavy (non-hydrogen) atoms. The minimum Gasteiger partial charge on any atom is -0.493 e. The highest BCUT2D eigenvalue weighted by atomic mass is 16.5. The third-order valence-electron chi connectivity index (χ3n) is 6.37. The van der Waals surface area contributed by atoms with Crippen LogP contribution in [0.25, 0.3) is 0 Å². The topological polar surface area (TPSA) is 83.9 Å². The normalized spacial score (nSPS) is 17.9. The molecule has 176 valence electrons. The van der Waals surface area contributed by atoms with Crippen molar-refractivity contribution < 1.29 is 19.4 Å². The second-order valence-electron chi connectivity index (χ2n) is 8.90. The second-order valence-corrected chi connectivity index (χ2v) is 8.90. The first-order chi connectivity index (χ1) is 16.5. The molecule has 0 fully saturated rings. The molecule has 0 saturated heterocycles. The Hall–Kier alpha value is -3.74. The summed E-state index contributed by atoms with van der Waals surface area (Å²) in [7, 11) is 0. The van der Waals surface area contributed by atoms with Crippen molar-refractivity contribution in [2.45, 2.75) is 38.6 Å². The first-order valence-corrected chi connectivity index (χ1v) is 11.7. The van der Waals surface area contributed by atoms with Crippen molar-refractivity contribution in [2.75, 3.05) is 30.0 Å². The highest BCUT2D eigenvalue weighted by molar-refractivity contribution is 5.72. The van der Waals surface area contributed by atoms with Gasteiger partial charge in [-0.15, -0.1) is 0 Å². The molecule has 0 saturated carbocycles. The molecule has 3 heterocycles. The number of benzene rings is 2. The van der Waals surface area contributed by atoms with Gasteiger partial charge in [0.05, 0.1) is 24.8 Å². The SMILES string of the molecule is CCCN(c1cc(C)ccn1)c1cccc2c1OC[C@H]2Nc1ccc2c(c1)OC[C@H]2CC(=O)O. The first kappa shape index (κ1) is 22.1. The van der Waals surface area contributed by atoms with Crippen molar-refractivity contribution in [1.29, 1.82) is 0 Å². The van der Waals surface area contributed by atoms with Gasteiger partial charge in [-0.2, -0.15) is 0 Å². The molecule has 2 aliphatic heterocycles. The van der Waals surface area contributed by atoms with Gasteiger partial charge in [0.2, 0.25) is 0 Å². The Morgan fingerprint density at radius 2 is 2.03 bits per heavy atom. The predicted octanol–water partition coefficient (Wildman–Crippen LogP) is 5.43. The minimum absolute atomic E-state index is 0.00170. The van der Waals surface area contributed by atoms with E-state index in [1.807, 2.05) is 30.5 Å². The van der Waals surface area contributed by atoms with Crippen LogP contribution in [-0.4, -0.2) is 35.8 Å². The van der Waals surface area contributed by atoms with Crippen molar-refractivity contribution in [1.82, 2.24) is 4.98 Å². The van der Waals surface area contributed by atoms with Gasteiger partial charge in [0.25, 0.3) is 0 Å². The lowest BCUT2D eigenvalue weighted by atomic mass is 9.97.